The van der Waals surface area contributed by atoms with Gasteiger partial charge in [0.1, 0.15) is 0 Å². The molecular weight excluding hydrogens is 272 g/mol. The number of aryl methyl sites for hydroxylation is 1. The van der Waals surface area contributed by atoms with Crippen LogP contribution in [0.1, 0.15) is 37.4 Å². The highest BCUT2D eigenvalue weighted by Crippen LogP contribution is 2.20. The normalized spacial score (nSPS) is 12.3. The Morgan fingerprint density at radius 3 is 2.77 bits per heavy atom. The molecule has 1 N–H and O–H groups in total. The lowest BCUT2D eigenvalue weighted by Crippen LogP contribution is -2.17. The summed E-state index contributed by atoms with van der Waals surface area (Å²) in [6, 6.07) is 10.3. The van der Waals surface area contributed by atoms with E-state index in [1.165, 1.54) is 18.4 Å². The molecule has 3 heteroatoms. The van der Waals surface area contributed by atoms with Crippen LogP contribution in [0, 0.1) is 12.8 Å². The lowest BCUT2D eigenvalue weighted by Gasteiger charge is -2.12. The molecule has 1 heterocycles. The monoisotopic (exact) mass is 298 g/mol. The van der Waals surface area contributed by atoms with Crippen molar-refractivity contribution in [3.8, 4) is 11.3 Å². The molecule has 0 bridgehead atoms. The molecule has 22 heavy (non-hydrogen) atoms. The Balaban J connectivity index is 1.80. The van der Waals surface area contributed by atoms with Crippen molar-refractivity contribution < 1.29 is 4.52 Å². The van der Waals surface area contributed by atoms with Crippen molar-refractivity contribution in [1.82, 2.24) is 10.5 Å². The maximum Gasteiger partial charge on any atom is 0.167 e. The Morgan fingerprint density at radius 2 is 2.09 bits per heavy atom. The lowest BCUT2D eigenvalue weighted by molar-refractivity contribution is 0.415. The molecule has 0 radical (unpaired) electrons. The number of nitrogens with zero attached hydrogens (tertiary/aromatic N) is 1. The molecule has 118 valence electrons. The summed E-state index contributed by atoms with van der Waals surface area (Å²) in [6.45, 7) is 9.88. The molecule has 1 unspecified atom stereocenters. The Morgan fingerprint density at radius 1 is 1.32 bits per heavy atom. The van der Waals surface area contributed by atoms with Crippen LogP contribution in [-0.2, 0) is 6.54 Å². The third-order valence-electron chi connectivity index (χ3n) is 4.01. The van der Waals surface area contributed by atoms with Crippen molar-refractivity contribution in [2.45, 2.75) is 39.7 Å². The van der Waals surface area contributed by atoms with Gasteiger partial charge in [-0.3, -0.25) is 0 Å². The number of hydrogen-bond donors (Lipinski definition) is 1. The summed E-state index contributed by atoms with van der Waals surface area (Å²) in [6.07, 6.45) is 5.49. The highest BCUT2D eigenvalue weighted by Gasteiger charge is 2.07. The SMILES string of the molecule is C=CCC(CC)CCNCc1cc(-c2ccc(C)cc2)on1. The van der Waals surface area contributed by atoms with Crippen molar-refractivity contribution in [3.05, 3.63) is 54.2 Å². The van der Waals surface area contributed by atoms with Crippen molar-refractivity contribution in [2.24, 2.45) is 5.92 Å². The molecule has 0 aliphatic carbocycles. The van der Waals surface area contributed by atoms with Gasteiger partial charge in [-0.05, 0) is 32.2 Å². The average molecular weight is 298 g/mol. The molecule has 2 aromatic rings. The van der Waals surface area contributed by atoms with E-state index >= 15 is 0 Å². The first-order chi connectivity index (χ1) is 10.7. The molecular formula is C19H26N2O. The zero-order chi connectivity index (χ0) is 15.8. The summed E-state index contributed by atoms with van der Waals surface area (Å²) in [7, 11) is 0. The molecule has 0 spiro atoms. The summed E-state index contributed by atoms with van der Waals surface area (Å²) in [5.74, 6) is 1.56. The highest BCUT2D eigenvalue weighted by molar-refractivity contribution is 5.57. The fourth-order valence-electron chi connectivity index (χ4n) is 2.50. The molecule has 0 aliphatic heterocycles. The summed E-state index contributed by atoms with van der Waals surface area (Å²) in [4.78, 5) is 0. The van der Waals surface area contributed by atoms with Crippen LogP contribution in [0.2, 0.25) is 0 Å². The number of hydrogen-bond acceptors (Lipinski definition) is 3. The third-order valence-corrected chi connectivity index (χ3v) is 4.01. The topological polar surface area (TPSA) is 38.1 Å². The second-order valence-electron chi connectivity index (χ2n) is 5.81. The van der Waals surface area contributed by atoms with Crippen molar-refractivity contribution in [3.63, 3.8) is 0 Å². The van der Waals surface area contributed by atoms with E-state index < -0.39 is 0 Å². The fourth-order valence-corrected chi connectivity index (χ4v) is 2.50. The maximum absolute atomic E-state index is 5.43. The number of nitrogens with one attached hydrogen (secondary N) is 1. The van der Waals surface area contributed by atoms with Gasteiger partial charge in [0.05, 0.1) is 5.69 Å². The van der Waals surface area contributed by atoms with E-state index in [0.717, 1.165) is 42.4 Å². The van der Waals surface area contributed by atoms with E-state index in [1.807, 2.05) is 12.1 Å². The van der Waals surface area contributed by atoms with Gasteiger partial charge in [-0.2, -0.15) is 0 Å². The van der Waals surface area contributed by atoms with Crippen LogP contribution in [0.4, 0.5) is 0 Å². The van der Waals surface area contributed by atoms with Crippen LogP contribution in [-0.4, -0.2) is 11.7 Å². The summed E-state index contributed by atoms with van der Waals surface area (Å²) in [5.41, 5.74) is 3.27. The van der Waals surface area contributed by atoms with E-state index in [-0.39, 0.29) is 0 Å². The predicted octanol–water partition coefficient (Wildman–Crippen LogP) is 4.73. The second-order valence-corrected chi connectivity index (χ2v) is 5.81. The smallest absolute Gasteiger partial charge is 0.167 e. The van der Waals surface area contributed by atoms with Crippen LogP contribution in [0.5, 0.6) is 0 Å². The first-order valence-corrected chi connectivity index (χ1v) is 8.07. The lowest BCUT2D eigenvalue weighted by atomic mass is 9.99. The van der Waals surface area contributed by atoms with E-state index in [2.05, 4.69) is 55.2 Å². The van der Waals surface area contributed by atoms with E-state index in [1.54, 1.807) is 0 Å². The molecule has 0 saturated heterocycles. The van der Waals surface area contributed by atoms with Crippen LogP contribution < -0.4 is 5.32 Å². The summed E-state index contributed by atoms with van der Waals surface area (Å²) in [5, 5.41) is 7.58. The van der Waals surface area contributed by atoms with Crippen molar-refractivity contribution in [1.29, 1.82) is 0 Å². The molecule has 3 nitrogen and oxygen atoms in total. The molecule has 2 rings (SSSR count). The molecule has 0 fully saturated rings. The van der Waals surface area contributed by atoms with Gasteiger partial charge < -0.3 is 9.84 Å². The Hall–Kier alpha value is -1.87. The van der Waals surface area contributed by atoms with E-state index in [4.69, 9.17) is 4.52 Å². The van der Waals surface area contributed by atoms with Crippen molar-refractivity contribution >= 4 is 0 Å². The first-order valence-electron chi connectivity index (χ1n) is 8.07. The number of benzene rings is 1. The van der Waals surface area contributed by atoms with Crippen molar-refractivity contribution in [2.75, 3.05) is 6.54 Å². The number of aromatic nitrogens is 1. The van der Waals surface area contributed by atoms with Gasteiger partial charge >= 0.3 is 0 Å². The number of rotatable bonds is 9. The van der Waals surface area contributed by atoms with Gasteiger partial charge in [-0.15, -0.1) is 6.58 Å². The Kier molecular flexibility index (Phi) is 6.41. The van der Waals surface area contributed by atoms with Crippen LogP contribution >= 0.6 is 0 Å². The van der Waals surface area contributed by atoms with Gasteiger partial charge in [0.2, 0.25) is 0 Å². The largest absolute Gasteiger partial charge is 0.356 e. The third kappa shape index (κ3) is 4.85. The minimum Gasteiger partial charge on any atom is -0.356 e. The fraction of sp³-hybridized carbons (Fsp3) is 0.421. The second kappa shape index (κ2) is 8.54. The molecule has 1 aromatic heterocycles. The Labute approximate surface area is 133 Å². The molecule has 0 aliphatic rings. The molecule has 1 atom stereocenters. The summed E-state index contributed by atoms with van der Waals surface area (Å²) < 4.78 is 5.43. The molecule has 0 saturated carbocycles. The van der Waals surface area contributed by atoms with Gasteiger partial charge in [0.15, 0.2) is 5.76 Å². The van der Waals surface area contributed by atoms with Gasteiger partial charge in [0, 0.05) is 18.2 Å². The first kappa shape index (κ1) is 16.5. The van der Waals surface area contributed by atoms with Crippen LogP contribution in [0.15, 0.2) is 47.5 Å². The molecule has 0 amide bonds. The maximum atomic E-state index is 5.43. The van der Waals surface area contributed by atoms with Gasteiger partial charge in [-0.1, -0.05) is 54.4 Å². The highest BCUT2D eigenvalue weighted by atomic mass is 16.5. The minimum absolute atomic E-state index is 0.727. The predicted molar refractivity (Wildman–Crippen MR) is 91.6 cm³/mol. The van der Waals surface area contributed by atoms with Crippen LogP contribution in [0.3, 0.4) is 0 Å². The zero-order valence-corrected chi connectivity index (χ0v) is 13.6. The summed E-state index contributed by atoms with van der Waals surface area (Å²) >= 11 is 0. The standard InChI is InChI=1S/C19H26N2O/c1-4-6-16(5-2)11-12-20-14-18-13-19(22-21-18)17-9-7-15(3)8-10-17/h4,7-10,13,16,20H,1,5-6,11-12,14H2,2-3H3. The Bertz CT molecular complexity index is 571. The minimum atomic E-state index is 0.727. The van der Waals surface area contributed by atoms with E-state index in [9.17, 15) is 0 Å². The van der Waals surface area contributed by atoms with Gasteiger partial charge in [-0.25, -0.2) is 0 Å². The van der Waals surface area contributed by atoms with Crippen LogP contribution in [0.25, 0.3) is 11.3 Å². The zero-order valence-electron chi connectivity index (χ0n) is 13.6. The number of allylic oxidation sites excluding steroid dienone is 1. The van der Waals surface area contributed by atoms with E-state index in [0.29, 0.717) is 0 Å². The average Bonchev–Trinajstić information content (AvgIpc) is 3.00. The van der Waals surface area contributed by atoms with Gasteiger partial charge in [0.25, 0.3) is 0 Å². The molecule has 1 aromatic carbocycles. The quantitative estimate of drug-likeness (QED) is 0.537.